The molecule has 0 bridgehead atoms. The number of aromatic nitrogens is 4. The molecule has 1 aliphatic heterocycles. The Balaban J connectivity index is 1.20. The van der Waals surface area contributed by atoms with Crippen molar-refractivity contribution >= 4 is 23.4 Å². The summed E-state index contributed by atoms with van der Waals surface area (Å²) in [7, 11) is 0. The first-order valence-electron chi connectivity index (χ1n) is 14.1. The summed E-state index contributed by atoms with van der Waals surface area (Å²) in [5, 5.41) is 24.2. The van der Waals surface area contributed by atoms with E-state index in [4.69, 9.17) is 9.47 Å². The van der Waals surface area contributed by atoms with Crippen molar-refractivity contribution in [2.75, 3.05) is 11.1 Å². The maximum absolute atomic E-state index is 14.1. The van der Waals surface area contributed by atoms with Crippen molar-refractivity contribution < 1.29 is 41.3 Å². The molecular formula is C32H24F5N5O4S. The summed E-state index contributed by atoms with van der Waals surface area (Å²) in [6.45, 7) is -0.111. The highest BCUT2D eigenvalue weighted by Crippen LogP contribution is 2.39. The second-order valence-corrected chi connectivity index (χ2v) is 11.4. The van der Waals surface area contributed by atoms with Gasteiger partial charge >= 0.3 is 0 Å². The van der Waals surface area contributed by atoms with Gasteiger partial charge in [-0.15, -0.1) is 5.10 Å². The standard InChI is InChI=1S/C32H24F5N5O4S/c33-25-24(26(34)28(36)29(37)27(25)35)30(44)38-20-12-10-19(11-13-20)31-45-22(14-23(46-31)18-8-6-17(15-43)7-9-18)16-47-32-39-40-41-42(32)21-4-2-1-3-5-21/h1-13,22-23,31,43H,14-16H2,(H,38,44)/t22-,23+,31+/m1/s1. The molecular weight excluding hydrogens is 645 g/mol. The number of anilines is 1. The first-order valence-corrected chi connectivity index (χ1v) is 15.1. The highest BCUT2D eigenvalue weighted by Gasteiger charge is 2.33. The Morgan fingerprint density at radius 3 is 2.15 bits per heavy atom. The molecule has 0 unspecified atom stereocenters. The third-order valence-corrected chi connectivity index (χ3v) is 8.38. The van der Waals surface area contributed by atoms with Crippen molar-refractivity contribution in [3.8, 4) is 5.69 Å². The molecule has 0 saturated carbocycles. The highest BCUT2D eigenvalue weighted by molar-refractivity contribution is 7.99. The van der Waals surface area contributed by atoms with Gasteiger partial charge in [0.25, 0.3) is 5.91 Å². The van der Waals surface area contributed by atoms with Crippen molar-refractivity contribution in [2.24, 2.45) is 0 Å². The van der Waals surface area contributed by atoms with Gasteiger partial charge in [-0.3, -0.25) is 4.79 Å². The second-order valence-electron chi connectivity index (χ2n) is 10.4. The van der Waals surface area contributed by atoms with E-state index in [9.17, 15) is 31.9 Å². The second kappa shape index (κ2) is 14.0. The summed E-state index contributed by atoms with van der Waals surface area (Å²) in [5.74, 6) is -12.3. The number of hydrogen-bond acceptors (Lipinski definition) is 8. The van der Waals surface area contributed by atoms with Crippen LogP contribution < -0.4 is 5.32 Å². The van der Waals surface area contributed by atoms with Crippen LogP contribution in [0.15, 0.2) is 84.0 Å². The number of halogens is 5. The van der Waals surface area contributed by atoms with Gasteiger partial charge < -0.3 is 19.9 Å². The van der Waals surface area contributed by atoms with E-state index in [1.54, 1.807) is 16.8 Å². The van der Waals surface area contributed by atoms with Crippen LogP contribution in [0.5, 0.6) is 0 Å². The fourth-order valence-electron chi connectivity index (χ4n) is 4.91. The highest BCUT2D eigenvalue weighted by atomic mass is 32.2. The van der Waals surface area contributed by atoms with E-state index < -0.39 is 53.0 Å². The summed E-state index contributed by atoms with van der Waals surface area (Å²) in [6.07, 6.45) is -1.17. The van der Waals surface area contributed by atoms with E-state index in [0.717, 1.165) is 16.8 Å². The molecule has 242 valence electrons. The first kappa shape index (κ1) is 32.2. The van der Waals surface area contributed by atoms with Crippen LogP contribution in [0, 0.1) is 29.1 Å². The summed E-state index contributed by atoms with van der Waals surface area (Å²) in [4.78, 5) is 12.5. The Kier molecular flexibility index (Phi) is 9.58. The van der Waals surface area contributed by atoms with Crippen LogP contribution in [0.3, 0.4) is 0 Å². The van der Waals surface area contributed by atoms with Crippen LogP contribution in [0.4, 0.5) is 27.6 Å². The minimum absolute atomic E-state index is 0.0227. The Labute approximate surface area is 268 Å². The average Bonchev–Trinajstić information content (AvgIpc) is 3.58. The maximum atomic E-state index is 14.1. The maximum Gasteiger partial charge on any atom is 0.261 e. The number of amides is 1. The number of thioether (sulfide) groups is 1. The Hall–Kier alpha value is -4.70. The van der Waals surface area contributed by atoms with E-state index in [2.05, 4.69) is 20.8 Å². The molecule has 9 nitrogen and oxygen atoms in total. The van der Waals surface area contributed by atoms with Gasteiger partial charge in [0.15, 0.2) is 29.6 Å². The van der Waals surface area contributed by atoms with Crippen LogP contribution in [-0.4, -0.2) is 43.1 Å². The van der Waals surface area contributed by atoms with Crippen molar-refractivity contribution in [3.05, 3.63) is 130 Å². The zero-order chi connectivity index (χ0) is 33.1. The van der Waals surface area contributed by atoms with E-state index in [0.29, 0.717) is 22.9 Å². The lowest BCUT2D eigenvalue weighted by Crippen LogP contribution is -2.31. The Morgan fingerprint density at radius 1 is 0.851 bits per heavy atom. The van der Waals surface area contributed by atoms with Gasteiger partial charge in [-0.05, 0) is 45.8 Å². The molecule has 1 saturated heterocycles. The van der Waals surface area contributed by atoms with Gasteiger partial charge in [0.05, 0.1) is 24.5 Å². The number of nitrogens with zero attached hydrogens (tertiary/aromatic N) is 4. The number of hydrogen-bond donors (Lipinski definition) is 2. The van der Waals surface area contributed by atoms with Crippen LogP contribution in [0.2, 0.25) is 0 Å². The quantitative estimate of drug-likeness (QED) is 0.0799. The molecule has 15 heteroatoms. The van der Waals surface area contributed by atoms with Crippen molar-refractivity contribution in [1.82, 2.24) is 20.2 Å². The van der Waals surface area contributed by atoms with Gasteiger partial charge in [0.1, 0.15) is 5.56 Å². The topological polar surface area (TPSA) is 111 Å². The number of nitrogens with one attached hydrogen (secondary N) is 1. The smallest absolute Gasteiger partial charge is 0.261 e. The van der Waals surface area contributed by atoms with Crippen LogP contribution >= 0.6 is 11.8 Å². The molecule has 1 aliphatic rings. The van der Waals surface area contributed by atoms with Crippen LogP contribution in [0.1, 0.15) is 45.9 Å². The molecule has 47 heavy (non-hydrogen) atoms. The summed E-state index contributed by atoms with van der Waals surface area (Å²) in [6, 6.07) is 22.5. The third kappa shape index (κ3) is 6.88. The lowest BCUT2D eigenvalue weighted by Gasteiger charge is -2.36. The summed E-state index contributed by atoms with van der Waals surface area (Å²) in [5.41, 5.74) is 1.33. The first-order chi connectivity index (χ1) is 22.7. The SMILES string of the molecule is O=C(Nc1ccc([C@H]2O[C@@H](CSc3nnnn3-c3ccccc3)C[C@@H](c3ccc(CO)cc3)O2)cc1)c1c(F)c(F)c(F)c(F)c1F. The largest absolute Gasteiger partial charge is 0.392 e. The van der Waals surface area contributed by atoms with Crippen molar-refractivity contribution in [2.45, 2.75) is 36.7 Å². The number of carbonyl (C=O) groups is 1. The molecule has 4 aromatic carbocycles. The molecule has 1 aromatic heterocycles. The summed E-state index contributed by atoms with van der Waals surface area (Å²) < 4.78 is 83.2. The molecule has 1 fully saturated rings. The number of para-hydroxylation sites is 1. The fraction of sp³-hybridized carbons (Fsp3) is 0.188. The molecule has 2 N–H and O–H groups in total. The number of benzene rings is 4. The van der Waals surface area contributed by atoms with E-state index >= 15 is 0 Å². The van der Waals surface area contributed by atoms with Gasteiger partial charge in [-0.25, -0.2) is 22.0 Å². The minimum Gasteiger partial charge on any atom is -0.392 e. The zero-order valence-corrected chi connectivity index (χ0v) is 24.9. The molecule has 5 aromatic rings. The molecule has 0 aliphatic carbocycles. The van der Waals surface area contributed by atoms with Gasteiger partial charge in [-0.2, -0.15) is 4.68 Å². The molecule has 0 spiro atoms. The molecule has 0 radical (unpaired) electrons. The summed E-state index contributed by atoms with van der Waals surface area (Å²) >= 11 is 1.40. The molecule has 3 atom stereocenters. The third-order valence-electron chi connectivity index (χ3n) is 7.33. The van der Waals surface area contributed by atoms with Crippen molar-refractivity contribution in [3.63, 3.8) is 0 Å². The van der Waals surface area contributed by atoms with Crippen molar-refractivity contribution in [1.29, 1.82) is 0 Å². The number of aliphatic hydroxyl groups excluding tert-OH is 1. The molecule has 1 amide bonds. The monoisotopic (exact) mass is 669 g/mol. The fourth-order valence-corrected chi connectivity index (χ4v) is 5.82. The van der Waals surface area contributed by atoms with Gasteiger partial charge in [-0.1, -0.05) is 66.4 Å². The van der Waals surface area contributed by atoms with E-state index in [1.165, 1.54) is 36.0 Å². The molecule has 6 rings (SSSR count). The molecule has 2 heterocycles. The van der Waals surface area contributed by atoms with Gasteiger partial charge in [0.2, 0.25) is 11.0 Å². The van der Waals surface area contributed by atoms with Crippen LogP contribution in [-0.2, 0) is 16.1 Å². The van der Waals surface area contributed by atoms with Gasteiger partial charge in [0, 0.05) is 23.4 Å². The number of ether oxygens (including phenoxy) is 2. The van der Waals surface area contributed by atoms with E-state index in [1.807, 2.05) is 42.5 Å². The number of aliphatic hydroxyl groups is 1. The minimum atomic E-state index is -2.36. The predicted octanol–water partition coefficient (Wildman–Crippen LogP) is 6.44. The predicted molar refractivity (Wildman–Crippen MR) is 159 cm³/mol. The van der Waals surface area contributed by atoms with Crippen LogP contribution in [0.25, 0.3) is 5.69 Å². The number of rotatable bonds is 9. The Morgan fingerprint density at radius 2 is 1.49 bits per heavy atom. The van der Waals surface area contributed by atoms with E-state index in [-0.39, 0.29) is 18.4 Å². The number of tetrazole rings is 1. The zero-order valence-electron chi connectivity index (χ0n) is 24.1. The number of carbonyl (C=O) groups excluding carboxylic acids is 1. The lowest BCUT2D eigenvalue weighted by atomic mass is 10.0. The average molecular weight is 670 g/mol. The Bertz CT molecular complexity index is 1850. The normalized spacial score (nSPS) is 17.9. The lowest BCUT2D eigenvalue weighted by molar-refractivity contribution is -0.245.